The normalized spacial score (nSPS) is 26.1. The van der Waals surface area contributed by atoms with E-state index in [0.717, 1.165) is 5.70 Å². The van der Waals surface area contributed by atoms with E-state index in [1.807, 2.05) is 13.0 Å². The summed E-state index contributed by atoms with van der Waals surface area (Å²) in [5, 5.41) is 2.97. The maximum Gasteiger partial charge on any atom is 0.0965 e. The Morgan fingerprint density at radius 3 is 2.56 bits per heavy atom. The van der Waals surface area contributed by atoms with Crippen molar-refractivity contribution in [3.63, 3.8) is 0 Å². The number of hydrogen-bond acceptors (Lipinski definition) is 3. The number of dihydropyridines is 1. The van der Waals surface area contributed by atoms with Crippen LogP contribution in [-0.2, 0) is 0 Å². The molecule has 1 atom stereocenters. The van der Waals surface area contributed by atoms with Gasteiger partial charge < -0.3 is 16.8 Å². The predicted octanol–water partition coefficient (Wildman–Crippen LogP) is -0.379. The smallest absolute Gasteiger partial charge is 0.0965 e. The molecule has 0 saturated heterocycles. The first kappa shape index (κ1) is 6.01. The van der Waals surface area contributed by atoms with E-state index >= 15 is 0 Å². The Balaban J connectivity index is 2.74. The van der Waals surface area contributed by atoms with Crippen molar-refractivity contribution in [2.24, 2.45) is 11.5 Å². The SMILES string of the molecule is CC1NC(N)=CC=C1N. The van der Waals surface area contributed by atoms with Gasteiger partial charge in [0.05, 0.1) is 11.9 Å². The highest BCUT2D eigenvalue weighted by Crippen LogP contribution is 2.01. The van der Waals surface area contributed by atoms with E-state index in [2.05, 4.69) is 5.32 Å². The second-order valence-corrected chi connectivity index (χ2v) is 2.15. The van der Waals surface area contributed by atoms with Crippen molar-refractivity contribution in [2.45, 2.75) is 13.0 Å². The third-order valence-corrected chi connectivity index (χ3v) is 1.34. The molecule has 1 aliphatic heterocycles. The molecule has 3 nitrogen and oxygen atoms in total. The molecule has 0 aromatic rings. The van der Waals surface area contributed by atoms with Crippen LogP contribution in [0.5, 0.6) is 0 Å². The fourth-order valence-electron chi connectivity index (χ4n) is 0.712. The van der Waals surface area contributed by atoms with E-state index in [4.69, 9.17) is 11.5 Å². The molecule has 0 spiro atoms. The van der Waals surface area contributed by atoms with Gasteiger partial charge in [-0.15, -0.1) is 0 Å². The summed E-state index contributed by atoms with van der Waals surface area (Å²) in [7, 11) is 0. The van der Waals surface area contributed by atoms with Gasteiger partial charge in [-0.1, -0.05) is 0 Å². The molecule has 3 heteroatoms. The van der Waals surface area contributed by atoms with Crippen molar-refractivity contribution in [3.8, 4) is 0 Å². The molecule has 0 bridgehead atoms. The first-order valence-corrected chi connectivity index (χ1v) is 2.89. The van der Waals surface area contributed by atoms with E-state index < -0.39 is 0 Å². The minimum atomic E-state index is 0.176. The zero-order valence-corrected chi connectivity index (χ0v) is 5.39. The van der Waals surface area contributed by atoms with Crippen LogP contribution in [0.15, 0.2) is 23.7 Å². The van der Waals surface area contributed by atoms with Crippen LogP contribution in [0.3, 0.4) is 0 Å². The fourth-order valence-corrected chi connectivity index (χ4v) is 0.712. The van der Waals surface area contributed by atoms with Crippen molar-refractivity contribution in [3.05, 3.63) is 23.7 Å². The Morgan fingerprint density at radius 2 is 2.11 bits per heavy atom. The molecule has 0 saturated carbocycles. The van der Waals surface area contributed by atoms with Crippen LogP contribution in [0, 0.1) is 0 Å². The monoisotopic (exact) mass is 125 g/mol. The molecule has 50 valence electrons. The average molecular weight is 125 g/mol. The third-order valence-electron chi connectivity index (χ3n) is 1.34. The molecule has 9 heavy (non-hydrogen) atoms. The zero-order chi connectivity index (χ0) is 6.85. The minimum Gasteiger partial charge on any atom is -0.400 e. The summed E-state index contributed by atoms with van der Waals surface area (Å²) in [6.07, 6.45) is 3.58. The van der Waals surface area contributed by atoms with Crippen LogP contribution in [-0.4, -0.2) is 6.04 Å². The summed E-state index contributed by atoms with van der Waals surface area (Å²) >= 11 is 0. The van der Waals surface area contributed by atoms with E-state index in [0.29, 0.717) is 5.82 Å². The molecule has 0 aromatic heterocycles. The summed E-state index contributed by atoms with van der Waals surface area (Å²) in [4.78, 5) is 0. The standard InChI is InChI=1S/C6H11N3/c1-4-5(7)2-3-6(8)9-4/h2-4,9H,7-8H2,1H3. The van der Waals surface area contributed by atoms with Gasteiger partial charge in [-0.3, -0.25) is 0 Å². The maximum atomic E-state index is 5.54. The quantitative estimate of drug-likeness (QED) is 0.413. The van der Waals surface area contributed by atoms with Gasteiger partial charge in [0.2, 0.25) is 0 Å². The molecule has 0 fully saturated rings. The summed E-state index contributed by atoms with van der Waals surface area (Å²) in [6, 6.07) is 0.176. The van der Waals surface area contributed by atoms with Crippen LogP contribution in [0.25, 0.3) is 0 Å². The second kappa shape index (κ2) is 2.01. The molecule has 0 aromatic carbocycles. The van der Waals surface area contributed by atoms with Crippen molar-refractivity contribution >= 4 is 0 Å². The lowest BCUT2D eigenvalue weighted by molar-refractivity contribution is 0.668. The number of allylic oxidation sites excluding steroid dienone is 2. The molecule has 5 N–H and O–H groups in total. The van der Waals surface area contributed by atoms with Crippen molar-refractivity contribution in [1.29, 1.82) is 0 Å². The zero-order valence-electron chi connectivity index (χ0n) is 5.39. The molecule has 1 aliphatic rings. The van der Waals surface area contributed by atoms with Gasteiger partial charge >= 0.3 is 0 Å². The summed E-state index contributed by atoms with van der Waals surface area (Å²) < 4.78 is 0. The van der Waals surface area contributed by atoms with Crippen molar-refractivity contribution in [2.75, 3.05) is 0 Å². The van der Waals surface area contributed by atoms with E-state index in [1.54, 1.807) is 6.08 Å². The van der Waals surface area contributed by atoms with Crippen LogP contribution >= 0.6 is 0 Å². The van der Waals surface area contributed by atoms with Gasteiger partial charge in [0.15, 0.2) is 0 Å². The number of hydrogen-bond donors (Lipinski definition) is 3. The lowest BCUT2D eigenvalue weighted by atomic mass is 10.2. The number of rotatable bonds is 0. The first-order valence-electron chi connectivity index (χ1n) is 2.89. The molecule has 0 amide bonds. The lowest BCUT2D eigenvalue weighted by Crippen LogP contribution is -2.36. The molecule has 1 unspecified atom stereocenters. The number of nitrogens with two attached hydrogens (primary N) is 2. The average Bonchev–Trinajstić information content (AvgIpc) is 1.80. The predicted molar refractivity (Wildman–Crippen MR) is 37.1 cm³/mol. The van der Waals surface area contributed by atoms with Gasteiger partial charge in [-0.2, -0.15) is 0 Å². The van der Waals surface area contributed by atoms with Gasteiger partial charge in [0, 0.05) is 5.70 Å². The summed E-state index contributed by atoms with van der Waals surface area (Å²) in [5.74, 6) is 0.678. The Kier molecular flexibility index (Phi) is 1.34. The lowest BCUT2D eigenvalue weighted by Gasteiger charge is -2.18. The highest BCUT2D eigenvalue weighted by atomic mass is 15.0. The van der Waals surface area contributed by atoms with E-state index in [1.165, 1.54) is 0 Å². The van der Waals surface area contributed by atoms with Crippen molar-refractivity contribution < 1.29 is 0 Å². The summed E-state index contributed by atoms with van der Waals surface area (Å²) in [6.45, 7) is 1.96. The van der Waals surface area contributed by atoms with Gasteiger partial charge in [0.25, 0.3) is 0 Å². The van der Waals surface area contributed by atoms with E-state index in [-0.39, 0.29) is 6.04 Å². The molecule has 0 aliphatic carbocycles. The Morgan fingerprint density at radius 1 is 1.44 bits per heavy atom. The third kappa shape index (κ3) is 1.16. The first-order chi connectivity index (χ1) is 4.20. The summed E-state index contributed by atoms with van der Waals surface area (Å²) in [5.41, 5.74) is 11.8. The maximum absolute atomic E-state index is 5.54. The van der Waals surface area contributed by atoms with Gasteiger partial charge in [-0.25, -0.2) is 0 Å². The molecular formula is C6H11N3. The molecular weight excluding hydrogens is 114 g/mol. The topological polar surface area (TPSA) is 64.1 Å². The van der Waals surface area contributed by atoms with E-state index in [9.17, 15) is 0 Å². The molecule has 1 heterocycles. The fraction of sp³-hybridized carbons (Fsp3) is 0.333. The highest BCUT2D eigenvalue weighted by Gasteiger charge is 2.06. The van der Waals surface area contributed by atoms with Gasteiger partial charge in [0.1, 0.15) is 0 Å². The Hall–Kier alpha value is -1.12. The second-order valence-electron chi connectivity index (χ2n) is 2.15. The Bertz CT molecular complexity index is 169. The van der Waals surface area contributed by atoms with Crippen LogP contribution in [0.2, 0.25) is 0 Å². The molecule has 1 rings (SSSR count). The molecule has 0 radical (unpaired) electrons. The van der Waals surface area contributed by atoms with Crippen LogP contribution in [0.1, 0.15) is 6.92 Å². The van der Waals surface area contributed by atoms with Crippen LogP contribution in [0.4, 0.5) is 0 Å². The Labute approximate surface area is 54.4 Å². The highest BCUT2D eigenvalue weighted by molar-refractivity contribution is 5.23. The van der Waals surface area contributed by atoms with Crippen LogP contribution < -0.4 is 16.8 Å². The largest absolute Gasteiger partial charge is 0.400 e. The van der Waals surface area contributed by atoms with Gasteiger partial charge in [-0.05, 0) is 19.1 Å². The number of nitrogens with one attached hydrogen (secondary N) is 1. The van der Waals surface area contributed by atoms with Crippen molar-refractivity contribution in [1.82, 2.24) is 5.32 Å². The minimum absolute atomic E-state index is 0.176.